The van der Waals surface area contributed by atoms with Gasteiger partial charge in [0.2, 0.25) is 0 Å². The third-order valence-electron chi connectivity index (χ3n) is 4.04. The van der Waals surface area contributed by atoms with E-state index in [0.717, 1.165) is 26.1 Å². The first-order chi connectivity index (χ1) is 9.85. The van der Waals surface area contributed by atoms with Crippen molar-refractivity contribution < 1.29 is 0 Å². The van der Waals surface area contributed by atoms with Crippen LogP contribution in [0.25, 0.3) is 0 Å². The van der Waals surface area contributed by atoms with Crippen molar-refractivity contribution in [2.24, 2.45) is 0 Å². The van der Waals surface area contributed by atoms with Crippen molar-refractivity contribution in [3.05, 3.63) is 35.9 Å². The van der Waals surface area contributed by atoms with Crippen molar-refractivity contribution in [3.8, 4) is 6.07 Å². The van der Waals surface area contributed by atoms with Gasteiger partial charge in [0.15, 0.2) is 0 Å². The number of nitrogens with one attached hydrogen (secondary N) is 1. The highest BCUT2D eigenvalue weighted by Crippen LogP contribution is 2.25. The van der Waals surface area contributed by atoms with E-state index in [9.17, 15) is 5.26 Å². The lowest BCUT2D eigenvalue weighted by atomic mass is 10.0. The molecule has 1 aliphatic rings. The molecule has 3 nitrogen and oxygen atoms in total. The summed E-state index contributed by atoms with van der Waals surface area (Å²) in [7, 11) is 0. The summed E-state index contributed by atoms with van der Waals surface area (Å²) in [6.45, 7) is 5.46. The monoisotopic (exact) mass is 271 g/mol. The van der Waals surface area contributed by atoms with E-state index in [2.05, 4.69) is 47.5 Å². The zero-order chi connectivity index (χ0) is 14.2. The van der Waals surface area contributed by atoms with Crippen LogP contribution >= 0.6 is 0 Å². The largest absolute Gasteiger partial charge is 0.313 e. The summed E-state index contributed by atoms with van der Waals surface area (Å²) in [5, 5.41) is 12.8. The molecule has 0 aromatic heterocycles. The first-order valence-corrected chi connectivity index (χ1v) is 7.74. The molecule has 20 heavy (non-hydrogen) atoms. The molecule has 2 atom stereocenters. The summed E-state index contributed by atoms with van der Waals surface area (Å²) in [4.78, 5) is 2.49. The molecule has 0 spiro atoms. The molecule has 3 heteroatoms. The molecule has 2 unspecified atom stereocenters. The van der Waals surface area contributed by atoms with Gasteiger partial charge in [-0.1, -0.05) is 37.3 Å². The van der Waals surface area contributed by atoms with Gasteiger partial charge in [0.25, 0.3) is 0 Å². The van der Waals surface area contributed by atoms with E-state index < -0.39 is 0 Å². The molecule has 2 rings (SSSR count). The van der Waals surface area contributed by atoms with Crippen molar-refractivity contribution in [2.45, 2.75) is 44.7 Å². The van der Waals surface area contributed by atoms with Crippen LogP contribution in [0.15, 0.2) is 30.3 Å². The number of benzene rings is 1. The van der Waals surface area contributed by atoms with Crippen molar-refractivity contribution in [1.29, 1.82) is 5.26 Å². The van der Waals surface area contributed by atoms with Gasteiger partial charge in [-0.05, 0) is 37.9 Å². The van der Waals surface area contributed by atoms with E-state index in [1.165, 1.54) is 18.4 Å². The Morgan fingerprint density at radius 2 is 2.20 bits per heavy atom. The fourth-order valence-corrected chi connectivity index (χ4v) is 3.08. The maximum atomic E-state index is 9.18. The lowest BCUT2D eigenvalue weighted by Crippen LogP contribution is -2.40. The molecule has 1 aromatic carbocycles. The molecule has 0 bridgehead atoms. The minimum Gasteiger partial charge on any atom is -0.313 e. The first-order valence-electron chi connectivity index (χ1n) is 7.74. The van der Waals surface area contributed by atoms with Crippen LogP contribution in [0.5, 0.6) is 0 Å². The molecule has 108 valence electrons. The van der Waals surface area contributed by atoms with E-state index in [4.69, 9.17) is 0 Å². The number of nitrogens with zero attached hydrogens (tertiary/aromatic N) is 2. The topological polar surface area (TPSA) is 39.1 Å². The predicted molar refractivity (Wildman–Crippen MR) is 82.3 cm³/mol. The summed E-state index contributed by atoms with van der Waals surface area (Å²) >= 11 is 0. The van der Waals surface area contributed by atoms with Crippen LogP contribution in [0.3, 0.4) is 0 Å². The molecular formula is C17H25N3. The molecule has 1 saturated heterocycles. The quantitative estimate of drug-likeness (QED) is 0.828. The Hall–Kier alpha value is -1.37. The lowest BCUT2D eigenvalue weighted by Gasteiger charge is -2.32. The molecule has 1 fully saturated rings. The minimum absolute atomic E-state index is 0.226. The molecule has 1 heterocycles. The zero-order valence-corrected chi connectivity index (χ0v) is 12.4. The van der Waals surface area contributed by atoms with Gasteiger partial charge in [0.1, 0.15) is 0 Å². The van der Waals surface area contributed by atoms with Crippen LogP contribution in [0, 0.1) is 11.3 Å². The third-order valence-corrected chi connectivity index (χ3v) is 4.04. The van der Waals surface area contributed by atoms with Crippen molar-refractivity contribution >= 4 is 0 Å². The highest BCUT2D eigenvalue weighted by Gasteiger charge is 2.24. The molecule has 0 saturated carbocycles. The maximum absolute atomic E-state index is 9.18. The summed E-state index contributed by atoms with van der Waals surface area (Å²) in [6, 6.07) is 13.6. The molecule has 1 aromatic rings. The van der Waals surface area contributed by atoms with E-state index in [0.29, 0.717) is 12.5 Å². The standard InChI is InChI=1S/C17H25N3/c1-2-13-20(14-16-9-6-12-19-16)17(10-11-18)15-7-4-3-5-8-15/h3-5,7-8,16-17,19H,2,6,9-10,12-14H2,1H3. The Morgan fingerprint density at radius 1 is 1.40 bits per heavy atom. The Bertz CT molecular complexity index is 418. The highest BCUT2D eigenvalue weighted by atomic mass is 15.2. The molecule has 0 amide bonds. The second-order valence-electron chi connectivity index (χ2n) is 5.58. The molecule has 0 aliphatic carbocycles. The van der Waals surface area contributed by atoms with Gasteiger partial charge >= 0.3 is 0 Å². The molecular weight excluding hydrogens is 246 g/mol. The van der Waals surface area contributed by atoms with Gasteiger partial charge in [-0.25, -0.2) is 0 Å². The summed E-state index contributed by atoms with van der Waals surface area (Å²) in [6.07, 6.45) is 4.23. The molecule has 1 aliphatic heterocycles. The highest BCUT2D eigenvalue weighted by molar-refractivity contribution is 5.20. The van der Waals surface area contributed by atoms with Crippen LogP contribution < -0.4 is 5.32 Å². The Labute approximate surface area is 122 Å². The average molecular weight is 271 g/mol. The van der Waals surface area contributed by atoms with E-state index >= 15 is 0 Å². The molecule has 1 N–H and O–H groups in total. The number of hydrogen-bond acceptors (Lipinski definition) is 3. The maximum Gasteiger partial charge on any atom is 0.0641 e. The van der Waals surface area contributed by atoms with Gasteiger partial charge in [-0.2, -0.15) is 5.26 Å². The van der Waals surface area contributed by atoms with Crippen LogP contribution in [-0.2, 0) is 0 Å². The van der Waals surface area contributed by atoms with Crippen LogP contribution in [0.4, 0.5) is 0 Å². The zero-order valence-electron chi connectivity index (χ0n) is 12.4. The Morgan fingerprint density at radius 3 is 2.80 bits per heavy atom. The Kier molecular flexibility index (Phi) is 6.04. The van der Waals surface area contributed by atoms with Gasteiger partial charge in [0.05, 0.1) is 12.5 Å². The van der Waals surface area contributed by atoms with Crippen LogP contribution in [0.2, 0.25) is 0 Å². The minimum atomic E-state index is 0.226. The van der Waals surface area contributed by atoms with Gasteiger partial charge in [-0.15, -0.1) is 0 Å². The summed E-state index contributed by atoms with van der Waals surface area (Å²) in [5.41, 5.74) is 1.26. The number of hydrogen-bond donors (Lipinski definition) is 1. The van der Waals surface area contributed by atoms with Crippen molar-refractivity contribution in [2.75, 3.05) is 19.6 Å². The lowest BCUT2D eigenvalue weighted by molar-refractivity contribution is 0.182. The first kappa shape index (κ1) is 15.0. The Balaban J connectivity index is 2.11. The van der Waals surface area contributed by atoms with Crippen LogP contribution in [-0.4, -0.2) is 30.6 Å². The van der Waals surface area contributed by atoms with Crippen molar-refractivity contribution in [3.63, 3.8) is 0 Å². The van der Waals surface area contributed by atoms with E-state index in [-0.39, 0.29) is 6.04 Å². The van der Waals surface area contributed by atoms with E-state index in [1.807, 2.05) is 6.07 Å². The van der Waals surface area contributed by atoms with E-state index in [1.54, 1.807) is 0 Å². The smallest absolute Gasteiger partial charge is 0.0641 e. The normalized spacial score (nSPS) is 19.9. The second-order valence-corrected chi connectivity index (χ2v) is 5.58. The number of nitriles is 1. The second kappa shape index (κ2) is 8.04. The average Bonchev–Trinajstić information content (AvgIpc) is 2.98. The summed E-state index contributed by atoms with van der Waals surface area (Å²) in [5.74, 6) is 0. The third kappa shape index (κ3) is 4.06. The fraction of sp³-hybridized carbons (Fsp3) is 0.588. The fourth-order valence-electron chi connectivity index (χ4n) is 3.08. The predicted octanol–water partition coefficient (Wildman–Crippen LogP) is 3.11. The van der Waals surface area contributed by atoms with Crippen molar-refractivity contribution in [1.82, 2.24) is 10.2 Å². The van der Waals surface area contributed by atoms with Gasteiger partial charge in [-0.3, -0.25) is 4.90 Å². The summed E-state index contributed by atoms with van der Waals surface area (Å²) < 4.78 is 0. The van der Waals surface area contributed by atoms with Gasteiger partial charge < -0.3 is 5.32 Å². The van der Waals surface area contributed by atoms with Crippen LogP contribution in [0.1, 0.15) is 44.2 Å². The number of rotatable bonds is 7. The SMILES string of the molecule is CCCN(CC1CCCN1)C(CC#N)c1ccccc1. The van der Waals surface area contributed by atoms with Gasteiger partial charge in [0, 0.05) is 18.6 Å². The molecule has 0 radical (unpaired) electrons.